The summed E-state index contributed by atoms with van der Waals surface area (Å²) in [6.07, 6.45) is 0. The molecule has 0 N–H and O–H groups in total. The lowest BCUT2D eigenvalue weighted by Gasteiger charge is -2.29. The van der Waals surface area contributed by atoms with Gasteiger partial charge in [-0.2, -0.15) is 0 Å². The Balaban J connectivity index is 1.16. The SMILES string of the molecule is c1ccc(-c2ccc(-c3cc4ccccc4c4ccccc34)cc2N(c2ccc(-c3ccc4ccccc4c3)cc2)c2ccc3oc4ccccc4c3c2)cc1. The summed E-state index contributed by atoms with van der Waals surface area (Å²) in [6, 6.07) is 76.7. The van der Waals surface area contributed by atoms with Gasteiger partial charge in [-0.05, 0) is 115 Å². The maximum atomic E-state index is 6.32. The second-order valence-corrected chi connectivity index (χ2v) is 14.5. The number of anilines is 3. The first-order valence-electron chi connectivity index (χ1n) is 19.2. The normalized spacial score (nSPS) is 11.6. The minimum absolute atomic E-state index is 0.876. The molecule has 0 saturated carbocycles. The molecule has 0 bridgehead atoms. The van der Waals surface area contributed by atoms with E-state index in [4.69, 9.17) is 4.42 Å². The molecule has 0 fully saturated rings. The van der Waals surface area contributed by atoms with Crippen molar-refractivity contribution in [3.63, 3.8) is 0 Å². The van der Waals surface area contributed by atoms with Crippen LogP contribution in [0.1, 0.15) is 0 Å². The first kappa shape index (κ1) is 32.0. The van der Waals surface area contributed by atoms with Crippen LogP contribution in [0.5, 0.6) is 0 Å². The van der Waals surface area contributed by atoms with Gasteiger partial charge in [0, 0.05) is 27.7 Å². The molecular formula is C54H35NO. The zero-order valence-electron chi connectivity index (χ0n) is 30.6. The summed E-state index contributed by atoms with van der Waals surface area (Å²) in [5, 5.41) is 9.67. The number of fused-ring (bicyclic) bond motifs is 7. The van der Waals surface area contributed by atoms with Crippen molar-refractivity contribution in [1.82, 2.24) is 0 Å². The lowest BCUT2D eigenvalue weighted by atomic mass is 9.91. The largest absolute Gasteiger partial charge is 0.456 e. The highest BCUT2D eigenvalue weighted by Gasteiger charge is 2.21. The van der Waals surface area contributed by atoms with Gasteiger partial charge in [-0.25, -0.2) is 0 Å². The molecule has 0 unspecified atom stereocenters. The quantitative estimate of drug-likeness (QED) is 0.160. The summed E-state index contributed by atoms with van der Waals surface area (Å²) in [5.41, 5.74) is 12.0. The second-order valence-electron chi connectivity index (χ2n) is 14.5. The van der Waals surface area contributed by atoms with Crippen molar-refractivity contribution in [2.24, 2.45) is 0 Å². The van der Waals surface area contributed by atoms with Gasteiger partial charge in [0.2, 0.25) is 0 Å². The number of benzene rings is 10. The summed E-state index contributed by atoms with van der Waals surface area (Å²) >= 11 is 0. The molecule has 11 rings (SSSR count). The van der Waals surface area contributed by atoms with Crippen molar-refractivity contribution in [2.45, 2.75) is 0 Å². The van der Waals surface area contributed by atoms with E-state index >= 15 is 0 Å². The van der Waals surface area contributed by atoms with Gasteiger partial charge in [-0.15, -0.1) is 0 Å². The highest BCUT2D eigenvalue weighted by atomic mass is 16.3. The average molecular weight is 714 g/mol. The number of hydrogen-bond acceptors (Lipinski definition) is 2. The van der Waals surface area contributed by atoms with Gasteiger partial charge < -0.3 is 9.32 Å². The first-order valence-corrected chi connectivity index (χ1v) is 19.2. The molecule has 0 atom stereocenters. The lowest BCUT2D eigenvalue weighted by Crippen LogP contribution is -2.11. The topological polar surface area (TPSA) is 16.4 Å². The van der Waals surface area contributed by atoms with Crippen molar-refractivity contribution >= 4 is 71.3 Å². The standard InChI is InChI=1S/C54H35NO/c1-2-13-38(14-3-1)46-30-26-42(50-33-41-16-6-7-17-45(41)47-18-8-9-19-48(47)50)34-52(46)55(44-29-31-54-51(35-44)49-20-10-11-21-53(49)56-54)43-27-24-37(25-28-43)40-23-22-36-12-4-5-15-39(36)32-40/h1-35H. The molecule has 0 saturated heterocycles. The Kier molecular flexibility index (Phi) is 7.53. The molecule has 0 spiro atoms. The molecule has 56 heavy (non-hydrogen) atoms. The van der Waals surface area contributed by atoms with E-state index in [0.717, 1.165) is 55.7 Å². The molecule has 11 aromatic rings. The van der Waals surface area contributed by atoms with Crippen LogP contribution in [-0.4, -0.2) is 0 Å². The fourth-order valence-corrected chi connectivity index (χ4v) is 8.49. The Bertz CT molecular complexity index is 3250. The Morgan fingerprint density at radius 1 is 0.286 bits per heavy atom. The fourth-order valence-electron chi connectivity index (χ4n) is 8.49. The molecule has 10 aromatic carbocycles. The maximum absolute atomic E-state index is 6.32. The molecule has 2 nitrogen and oxygen atoms in total. The third kappa shape index (κ3) is 5.42. The summed E-state index contributed by atoms with van der Waals surface area (Å²) in [4.78, 5) is 2.42. The zero-order valence-corrected chi connectivity index (χ0v) is 30.6. The van der Waals surface area contributed by atoms with E-state index in [1.807, 2.05) is 12.1 Å². The molecule has 1 aromatic heterocycles. The monoisotopic (exact) mass is 713 g/mol. The maximum Gasteiger partial charge on any atom is 0.135 e. The van der Waals surface area contributed by atoms with Crippen LogP contribution in [0.4, 0.5) is 17.1 Å². The van der Waals surface area contributed by atoms with Crippen molar-refractivity contribution in [2.75, 3.05) is 4.90 Å². The summed E-state index contributed by atoms with van der Waals surface area (Å²) in [7, 11) is 0. The summed E-state index contributed by atoms with van der Waals surface area (Å²) < 4.78 is 6.32. The van der Waals surface area contributed by atoms with E-state index in [-0.39, 0.29) is 0 Å². The fraction of sp³-hybridized carbons (Fsp3) is 0. The molecule has 1 heterocycles. The third-order valence-corrected chi connectivity index (χ3v) is 11.2. The first-order chi connectivity index (χ1) is 27.7. The van der Waals surface area contributed by atoms with Crippen LogP contribution in [0.2, 0.25) is 0 Å². The predicted octanol–water partition coefficient (Wildman–Crippen LogP) is 15.5. The Hall–Kier alpha value is -7.42. The van der Waals surface area contributed by atoms with E-state index < -0.39 is 0 Å². The van der Waals surface area contributed by atoms with Crippen LogP contribution in [-0.2, 0) is 0 Å². The third-order valence-electron chi connectivity index (χ3n) is 11.2. The average Bonchev–Trinajstić information content (AvgIpc) is 3.65. The van der Waals surface area contributed by atoms with Gasteiger partial charge in [0.25, 0.3) is 0 Å². The number of para-hydroxylation sites is 1. The van der Waals surface area contributed by atoms with Gasteiger partial charge in [0.15, 0.2) is 0 Å². The highest BCUT2D eigenvalue weighted by Crippen LogP contribution is 2.46. The highest BCUT2D eigenvalue weighted by molar-refractivity contribution is 6.14. The van der Waals surface area contributed by atoms with Crippen LogP contribution in [0.3, 0.4) is 0 Å². The van der Waals surface area contributed by atoms with Crippen molar-refractivity contribution in [3.8, 4) is 33.4 Å². The van der Waals surface area contributed by atoms with Crippen molar-refractivity contribution < 1.29 is 4.42 Å². The number of hydrogen-bond donors (Lipinski definition) is 0. The van der Waals surface area contributed by atoms with Gasteiger partial charge in [0.1, 0.15) is 11.2 Å². The van der Waals surface area contributed by atoms with Gasteiger partial charge >= 0.3 is 0 Å². The molecule has 0 aliphatic heterocycles. The van der Waals surface area contributed by atoms with Crippen molar-refractivity contribution in [1.29, 1.82) is 0 Å². The van der Waals surface area contributed by atoms with Crippen LogP contribution in [0.15, 0.2) is 217 Å². The van der Waals surface area contributed by atoms with E-state index in [9.17, 15) is 0 Å². The van der Waals surface area contributed by atoms with Gasteiger partial charge in [-0.1, -0.05) is 158 Å². The molecular weight excluding hydrogens is 679 g/mol. The predicted molar refractivity (Wildman–Crippen MR) is 237 cm³/mol. The molecule has 0 radical (unpaired) electrons. The molecule has 0 aliphatic rings. The molecule has 2 heteroatoms. The summed E-state index contributed by atoms with van der Waals surface area (Å²) in [6.45, 7) is 0. The number of rotatable bonds is 6. The van der Waals surface area contributed by atoms with Crippen LogP contribution in [0.25, 0.3) is 87.6 Å². The van der Waals surface area contributed by atoms with Crippen LogP contribution in [0, 0.1) is 0 Å². The Labute approximate surface area is 325 Å². The Morgan fingerprint density at radius 2 is 0.911 bits per heavy atom. The van der Waals surface area contributed by atoms with E-state index in [0.29, 0.717) is 0 Å². The lowest BCUT2D eigenvalue weighted by molar-refractivity contribution is 0.669. The van der Waals surface area contributed by atoms with Gasteiger partial charge in [0.05, 0.1) is 5.69 Å². The molecule has 0 amide bonds. The molecule has 0 aliphatic carbocycles. The zero-order chi connectivity index (χ0) is 37.0. The second kappa shape index (κ2) is 13.2. The number of nitrogens with zero attached hydrogens (tertiary/aromatic N) is 1. The van der Waals surface area contributed by atoms with E-state index in [2.05, 4.69) is 205 Å². The van der Waals surface area contributed by atoms with Crippen molar-refractivity contribution in [3.05, 3.63) is 212 Å². The smallest absolute Gasteiger partial charge is 0.135 e. The summed E-state index contributed by atoms with van der Waals surface area (Å²) in [5.74, 6) is 0. The molecule has 262 valence electrons. The van der Waals surface area contributed by atoms with E-state index in [1.54, 1.807) is 0 Å². The Morgan fingerprint density at radius 3 is 1.75 bits per heavy atom. The van der Waals surface area contributed by atoms with Gasteiger partial charge in [-0.3, -0.25) is 0 Å². The number of furan rings is 1. The van der Waals surface area contributed by atoms with Crippen LogP contribution < -0.4 is 4.90 Å². The van der Waals surface area contributed by atoms with Crippen LogP contribution >= 0.6 is 0 Å². The minimum Gasteiger partial charge on any atom is -0.456 e. The van der Waals surface area contributed by atoms with E-state index in [1.165, 1.54) is 49.0 Å². The minimum atomic E-state index is 0.876.